The van der Waals surface area contributed by atoms with E-state index in [-0.39, 0.29) is 22.3 Å². The van der Waals surface area contributed by atoms with Gasteiger partial charge in [-0.1, -0.05) is 11.6 Å². The summed E-state index contributed by atoms with van der Waals surface area (Å²) in [6.07, 6.45) is 4.85. The number of halogens is 4. The predicted octanol–water partition coefficient (Wildman–Crippen LogP) is 5.39. The first kappa shape index (κ1) is 21.9. The lowest BCUT2D eigenvalue weighted by Gasteiger charge is -2.29. The Morgan fingerprint density at radius 3 is 2.55 bits per heavy atom. The molecule has 0 radical (unpaired) electrons. The molecule has 0 unspecified atom stereocenters. The molecule has 6 nitrogen and oxygen atoms in total. The summed E-state index contributed by atoms with van der Waals surface area (Å²) in [5, 5.41) is 3.13. The van der Waals surface area contributed by atoms with E-state index in [1.165, 1.54) is 12.8 Å². The highest BCUT2D eigenvalue weighted by molar-refractivity contribution is 6.32. The molecule has 2 fully saturated rings. The van der Waals surface area contributed by atoms with E-state index in [0.29, 0.717) is 12.4 Å². The Morgan fingerprint density at radius 1 is 1.12 bits per heavy atom. The number of hydrogen-bond acceptors (Lipinski definition) is 6. The molecule has 1 atom stereocenters. The third-order valence-corrected chi connectivity index (χ3v) is 6.67. The molecule has 2 aliphatic rings. The van der Waals surface area contributed by atoms with Crippen molar-refractivity contribution in [2.45, 2.75) is 38.4 Å². The van der Waals surface area contributed by atoms with Gasteiger partial charge in [-0.3, -0.25) is 4.98 Å². The molecule has 0 aromatic carbocycles. The lowest BCUT2D eigenvalue weighted by molar-refractivity contribution is -0.137. The van der Waals surface area contributed by atoms with Crippen molar-refractivity contribution in [2.75, 3.05) is 23.3 Å². The minimum absolute atomic E-state index is 0.0476. The number of aromatic nitrogens is 4. The van der Waals surface area contributed by atoms with E-state index >= 15 is 0 Å². The van der Waals surface area contributed by atoms with Crippen molar-refractivity contribution in [1.29, 1.82) is 0 Å². The number of nitrogens with one attached hydrogen (secondary N) is 1. The molecule has 172 valence electrons. The number of pyridine rings is 2. The van der Waals surface area contributed by atoms with Crippen molar-refractivity contribution in [2.24, 2.45) is 5.41 Å². The van der Waals surface area contributed by atoms with E-state index in [9.17, 15) is 13.2 Å². The Labute approximate surface area is 194 Å². The van der Waals surface area contributed by atoms with Gasteiger partial charge in [0.1, 0.15) is 5.82 Å². The van der Waals surface area contributed by atoms with Crippen LogP contribution in [0, 0.1) is 12.3 Å². The van der Waals surface area contributed by atoms with E-state index < -0.39 is 11.7 Å². The van der Waals surface area contributed by atoms with Gasteiger partial charge in [0.05, 0.1) is 21.8 Å². The van der Waals surface area contributed by atoms with Crippen molar-refractivity contribution in [3.8, 4) is 11.4 Å². The van der Waals surface area contributed by atoms with Crippen LogP contribution in [0.5, 0.6) is 0 Å². The summed E-state index contributed by atoms with van der Waals surface area (Å²) in [5.74, 6) is 0.856. The van der Waals surface area contributed by atoms with Gasteiger partial charge in [-0.05, 0) is 49.8 Å². The van der Waals surface area contributed by atoms with Crippen LogP contribution in [0.4, 0.5) is 24.7 Å². The van der Waals surface area contributed by atoms with Crippen LogP contribution in [0.25, 0.3) is 11.4 Å². The normalized spacial score (nSPS) is 19.2. The maximum Gasteiger partial charge on any atom is 0.417 e. The molecule has 0 amide bonds. The van der Waals surface area contributed by atoms with Gasteiger partial charge >= 0.3 is 6.18 Å². The van der Waals surface area contributed by atoms with Crippen LogP contribution in [0.15, 0.2) is 43.0 Å². The molecule has 1 saturated heterocycles. The van der Waals surface area contributed by atoms with Crippen LogP contribution >= 0.6 is 11.6 Å². The predicted molar refractivity (Wildman–Crippen MR) is 120 cm³/mol. The summed E-state index contributed by atoms with van der Waals surface area (Å²) in [6, 6.07) is 4.83. The number of alkyl halides is 3. The lowest BCUT2D eigenvalue weighted by atomic mass is 10.0. The second kappa shape index (κ2) is 8.13. The van der Waals surface area contributed by atoms with E-state index in [1.54, 1.807) is 24.7 Å². The Balaban J connectivity index is 1.42. The average molecular weight is 475 g/mol. The minimum Gasteiger partial charge on any atom is -0.367 e. The average Bonchev–Trinajstić information content (AvgIpc) is 3.44. The summed E-state index contributed by atoms with van der Waals surface area (Å²) >= 11 is 6.11. The molecule has 4 heterocycles. The first-order valence-corrected chi connectivity index (χ1v) is 11.1. The van der Waals surface area contributed by atoms with E-state index in [4.69, 9.17) is 11.6 Å². The summed E-state index contributed by atoms with van der Waals surface area (Å²) in [5.41, 5.74) is 2.17. The smallest absolute Gasteiger partial charge is 0.367 e. The Hall–Kier alpha value is -2.94. The Bertz CT molecular complexity index is 1170. The zero-order chi connectivity index (χ0) is 23.2. The molecule has 5 rings (SSSR count). The summed E-state index contributed by atoms with van der Waals surface area (Å²) in [4.78, 5) is 19.5. The van der Waals surface area contributed by atoms with Crippen LogP contribution in [-0.4, -0.2) is 39.1 Å². The monoisotopic (exact) mass is 474 g/mol. The topological polar surface area (TPSA) is 66.8 Å². The van der Waals surface area contributed by atoms with Gasteiger partial charge in [0.25, 0.3) is 0 Å². The standard InChI is InChI=1S/C23H22ClF3N6/c1-14-7-19(17(12-30-14)20-28-5-2-6-29-20)33-13-22(3-4-22)9-16(33)11-32-21-18(24)8-15(10-31-21)23(25,26)27/h2,5-8,10,12,16H,3-4,9,11,13H2,1H3,(H,31,32)/t16-/m0/s1. The van der Waals surface area contributed by atoms with Gasteiger partial charge < -0.3 is 10.2 Å². The highest BCUT2D eigenvalue weighted by Gasteiger charge is 2.52. The van der Waals surface area contributed by atoms with E-state index in [1.807, 2.05) is 13.0 Å². The maximum absolute atomic E-state index is 12.9. The van der Waals surface area contributed by atoms with Crippen LogP contribution in [0.1, 0.15) is 30.5 Å². The summed E-state index contributed by atoms with van der Waals surface area (Å²) in [6.45, 7) is 3.34. The molecular formula is C23H22ClF3N6. The van der Waals surface area contributed by atoms with Crippen molar-refractivity contribution in [3.63, 3.8) is 0 Å². The number of hydrogen-bond donors (Lipinski definition) is 1. The maximum atomic E-state index is 12.9. The van der Waals surface area contributed by atoms with Crippen LogP contribution in [0.3, 0.4) is 0 Å². The molecule has 1 spiro atoms. The number of anilines is 2. The summed E-state index contributed by atoms with van der Waals surface area (Å²) < 4.78 is 38.8. The van der Waals surface area contributed by atoms with Crippen molar-refractivity contribution < 1.29 is 13.2 Å². The SMILES string of the molecule is Cc1cc(N2CC3(CC3)C[C@H]2CNc2ncc(C(F)(F)F)cc2Cl)c(-c2ncccn2)cn1. The van der Waals surface area contributed by atoms with Crippen LogP contribution in [-0.2, 0) is 6.18 Å². The fourth-order valence-electron chi connectivity index (χ4n) is 4.50. The fourth-order valence-corrected chi connectivity index (χ4v) is 4.73. The van der Waals surface area contributed by atoms with Gasteiger partial charge in [0.15, 0.2) is 5.82 Å². The molecule has 0 bridgehead atoms. The largest absolute Gasteiger partial charge is 0.417 e. The molecule has 1 N–H and O–H groups in total. The van der Waals surface area contributed by atoms with Gasteiger partial charge in [-0.15, -0.1) is 0 Å². The molecule has 1 saturated carbocycles. The third kappa shape index (κ3) is 4.46. The molecule has 3 aromatic rings. The zero-order valence-electron chi connectivity index (χ0n) is 17.9. The number of nitrogens with zero attached hydrogens (tertiary/aromatic N) is 5. The van der Waals surface area contributed by atoms with Crippen LogP contribution in [0.2, 0.25) is 5.02 Å². The van der Waals surface area contributed by atoms with E-state index in [2.05, 4.69) is 30.2 Å². The second-order valence-electron chi connectivity index (χ2n) is 8.83. The van der Waals surface area contributed by atoms with Crippen molar-refractivity contribution in [3.05, 3.63) is 59.3 Å². The zero-order valence-corrected chi connectivity index (χ0v) is 18.7. The van der Waals surface area contributed by atoms with Gasteiger partial charge in [-0.2, -0.15) is 13.2 Å². The molecular weight excluding hydrogens is 453 g/mol. The number of rotatable bonds is 5. The summed E-state index contributed by atoms with van der Waals surface area (Å²) in [7, 11) is 0. The molecule has 1 aliphatic heterocycles. The van der Waals surface area contributed by atoms with Gasteiger partial charge in [-0.25, -0.2) is 15.0 Å². The third-order valence-electron chi connectivity index (χ3n) is 6.38. The van der Waals surface area contributed by atoms with Gasteiger partial charge in [0.2, 0.25) is 0 Å². The molecule has 10 heteroatoms. The molecule has 1 aliphatic carbocycles. The first-order valence-electron chi connectivity index (χ1n) is 10.7. The van der Waals surface area contributed by atoms with Crippen LogP contribution < -0.4 is 10.2 Å². The fraction of sp³-hybridized carbons (Fsp3) is 0.391. The Morgan fingerprint density at radius 2 is 1.88 bits per heavy atom. The Kier molecular flexibility index (Phi) is 5.39. The second-order valence-corrected chi connectivity index (χ2v) is 9.24. The van der Waals surface area contributed by atoms with Crippen molar-refractivity contribution >= 4 is 23.1 Å². The minimum atomic E-state index is -4.48. The first-order chi connectivity index (χ1) is 15.7. The number of aryl methyl sites for hydroxylation is 1. The lowest BCUT2D eigenvalue weighted by Crippen LogP contribution is -2.35. The molecule has 3 aromatic heterocycles. The molecule has 33 heavy (non-hydrogen) atoms. The van der Waals surface area contributed by atoms with Crippen molar-refractivity contribution in [1.82, 2.24) is 19.9 Å². The highest BCUT2D eigenvalue weighted by atomic mass is 35.5. The van der Waals surface area contributed by atoms with Gasteiger partial charge in [0, 0.05) is 49.6 Å². The quantitative estimate of drug-likeness (QED) is 0.535. The van der Waals surface area contributed by atoms with E-state index in [0.717, 1.165) is 42.2 Å². The highest BCUT2D eigenvalue weighted by Crippen LogP contribution is 2.56.